The first-order valence-corrected chi connectivity index (χ1v) is 13.8. The standard InChI is InChI=1S/C28H27N5S.C2HF3O2/c1-20-3-2-4-24-27(20)31-28(30-24)26-10-9-25(34-26)22-7-5-21(6-8-22)19-32-15-17-33(18-16-32)23-11-13-29-14-12-23;3-2(4,5)1(6)7/h2-14H,15-19H2,1H3,(H,30,31);(H,6,7). The van der Waals surface area contributed by atoms with Crippen LogP contribution in [0.4, 0.5) is 18.9 Å². The number of pyridine rings is 1. The Morgan fingerprint density at radius 1 is 0.951 bits per heavy atom. The highest BCUT2D eigenvalue weighted by Crippen LogP contribution is 2.34. The van der Waals surface area contributed by atoms with E-state index in [1.807, 2.05) is 12.4 Å². The second-order valence-electron chi connectivity index (χ2n) is 9.69. The average Bonchev–Trinajstić information content (AvgIpc) is 3.63. The third-order valence-electron chi connectivity index (χ3n) is 6.84. The quantitative estimate of drug-likeness (QED) is 0.244. The van der Waals surface area contributed by atoms with Gasteiger partial charge in [0.05, 0.1) is 15.9 Å². The van der Waals surface area contributed by atoms with Crippen LogP contribution in [0, 0.1) is 6.92 Å². The van der Waals surface area contributed by atoms with E-state index in [1.54, 1.807) is 11.3 Å². The van der Waals surface area contributed by atoms with Crippen molar-refractivity contribution < 1.29 is 23.1 Å². The van der Waals surface area contributed by atoms with E-state index in [1.165, 1.54) is 32.1 Å². The van der Waals surface area contributed by atoms with Gasteiger partial charge in [-0.05, 0) is 53.9 Å². The molecular formula is C30H28F3N5O2S. The second-order valence-corrected chi connectivity index (χ2v) is 10.8. The molecule has 0 radical (unpaired) electrons. The maximum atomic E-state index is 10.6. The summed E-state index contributed by atoms with van der Waals surface area (Å²) in [5.41, 5.74) is 7.24. The third kappa shape index (κ3) is 6.93. The molecule has 0 bridgehead atoms. The molecule has 2 N–H and O–H groups in total. The first-order chi connectivity index (χ1) is 19.7. The molecule has 0 saturated carbocycles. The van der Waals surface area contributed by atoms with Crippen molar-refractivity contribution in [2.45, 2.75) is 19.6 Å². The lowest BCUT2D eigenvalue weighted by Gasteiger charge is -2.36. The number of thiophene rings is 1. The molecule has 3 aromatic heterocycles. The summed E-state index contributed by atoms with van der Waals surface area (Å²) in [5, 5.41) is 7.12. The molecular weight excluding hydrogens is 551 g/mol. The summed E-state index contributed by atoms with van der Waals surface area (Å²) in [6, 6.07) is 23.9. The fourth-order valence-corrected chi connectivity index (χ4v) is 5.62. The smallest absolute Gasteiger partial charge is 0.475 e. The minimum absolute atomic E-state index is 0.947. The van der Waals surface area contributed by atoms with Gasteiger partial charge in [0.2, 0.25) is 0 Å². The van der Waals surface area contributed by atoms with Crippen LogP contribution in [0.5, 0.6) is 0 Å². The van der Waals surface area contributed by atoms with Gasteiger partial charge in [0.25, 0.3) is 0 Å². The monoisotopic (exact) mass is 579 g/mol. The number of rotatable bonds is 5. The number of aryl methyl sites for hydroxylation is 1. The maximum absolute atomic E-state index is 10.6. The number of carboxylic acid groups (broad SMARTS) is 1. The highest BCUT2D eigenvalue weighted by molar-refractivity contribution is 7.18. The van der Waals surface area contributed by atoms with E-state index in [-0.39, 0.29) is 0 Å². The van der Waals surface area contributed by atoms with Crippen LogP contribution < -0.4 is 4.90 Å². The molecule has 212 valence electrons. The van der Waals surface area contributed by atoms with E-state index in [9.17, 15) is 13.2 Å². The van der Waals surface area contributed by atoms with Gasteiger partial charge in [-0.15, -0.1) is 11.3 Å². The Morgan fingerprint density at radius 3 is 2.24 bits per heavy atom. The summed E-state index contributed by atoms with van der Waals surface area (Å²) in [4.78, 5) is 28.8. The number of anilines is 1. The van der Waals surface area contributed by atoms with Crippen molar-refractivity contribution in [2.75, 3.05) is 31.1 Å². The van der Waals surface area contributed by atoms with Crippen molar-refractivity contribution >= 4 is 34.0 Å². The van der Waals surface area contributed by atoms with Gasteiger partial charge in [-0.2, -0.15) is 13.2 Å². The van der Waals surface area contributed by atoms with Crippen molar-refractivity contribution in [3.63, 3.8) is 0 Å². The minimum atomic E-state index is -5.08. The number of carbonyl (C=O) groups is 1. The molecule has 6 rings (SSSR count). The van der Waals surface area contributed by atoms with Gasteiger partial charge < -0.3 is 15.0 Å². The SMILES string of the molecule is Cc1cccc2[nH]c(-c3ccc(-c4ccc(CN5CCN(c6ccncc6)CC5)cc4)s3)nc12.O=C(O)C(F)(F)F. The molecule has 1 saturated heterocycles. The molecule has 0 spiro atoms. The van der Waals surface area contributed by atoms with Crippen LogP contribution in [0.1, 0.15) is 11.1 Å². The van der Waals surface area contributed by atoms with E-state index in [4.69, 9.17) is 14.9 Å². The van der Waals surface area contributed by atoms with Gasteiger partial charge in [-0.1, -0.05) is 36.4 Å². The van der Waals surface area contributed by atoms with E-state index in [0.29, 0.717) is 0 Å². The number of H-pyrrole nitrogens is 1. The first kappa shape index (κ1) is 28.3. The normalized spacial score (nSPS) is 14.1. The largest absolute Gasteiger partial charge is 0.490 e. The number of benzene rings is 2. The molecule has 0 aliphatic carbocycles. The number of piperazine rings is 1. The van der Waals surface area contributed by atoms with Gasteiger partial charge >= 0.3 is 12.1 Å². The number of aliphatic carboxylic acids is 1. The lowest BCUT2D eigenvalue weighted by molar-refractivity contribution is -0.192. The Balaban J connectivity index is 0.000000431. The Hall–Kier alpha value is -4.22. The molecule has 2 aromatic carbocycles. The van der Waals surface area contributed by atoms with E-state index in [0.717, 1.165) is 49.6 Å². The number of fused-ring (bicyclic) bond motifs is 1. The molecule has 0 atom stereocenters. The molecule has 1 aliphatic heterocycles. The highest BCUT2D eigenvalue weighted by atomic mass is 32.1. The maximum Gasteiger partial charge on any atom is 0.490 e. The molecule has 5 aromatic rings. The number of halogens is 3. The fraction of sp³-hybridized carbons (Fsp3) is 0.233. The summed E-state index contributed by atoms with van der Waals surface area (Å²) in [7, 11) is 0. The molecule has 1 fully saturated rings. The summed E-state index contributed by atoms with van der Waals surface area (Å²) >= 11 is 1.79. The number of alkyl halides is 3. The van der Waals surface area contributed by atoms with Crippen LogP contribution in [-0.4, -0.2) is 63.3 Å². The first-order valence-electron chi connectivity index (χ1n) is 13.0. The van der Waals surface area contributed by atoms with Gasteiger partial charge in [-0.3, -0.25) is 9.88 Å². The Labute approximate surface area is 238 Å². The minimum Gasteiger partial charge on any atom is -0.475 e. The number of aromatic nitrogens is 3. The molecule has 4 heterocycles. The van der Waals surface area contributed by atoms with Gasteiger partial charge in [0, 0.05) is 55.7 Å². The number of carboxylic acids is 1. The Kier molecular flexibility index (Phi) is 8.36. The summed E-state index contributed by atoms with van der Waals surface area (Å²) in [6.45, 7) is 7.38. The number of nitrogens with one attached hydrogen (secondary N) is 1. The van der Waals surface area contributed by atoms with Crippen molar-refractivity contribution in [3.05, 3.63) is 90.3 Å². The van der Waals surface area contributed by atoms with Crippen LogP contribution in [0.15, 0.2) is 79.1 Å². The molecule has 0 amide bonds. The van der Waals surface area contributed by atoms with Crippen LogP contribution >= 0.6 is 11.3 Å². The summed E-state index contributed by atoms with van der Waals surface area (Å²) < 4.78 is 31.7. The predicted molar refractivity (Wildman–Crippen MR) is 155 cm³/mol. The molecule has 0 unspecified atom stereocenters. The van der Waals surface area contributed by atoms with Gasteiger partial charge in [-0.25, -0.2) is 9.78 Å². The van der Waals surface area contributed by atoms with Crippen molar-refractivity contribution in [3.8, 4) is 21.1 Å². The number of hydrogen-bond donors (Lipinski definition) is 2. The molecule has 7 nitrogen and oxygen atoms in total. The van der Waals surface area contributed by atoms with E-state index < -0.39 is 12.1 Å². The van der Waals surface area contributed by atoms with Crippen molar-refractivity contribution in [1.29, 1.82) is 0 Å². The van der Waals surface area contributed by atoms with E-state index in [2.05, 4.69) is 93.4 Å². The molecule has 1 aliphatic rings. The number of hydrogen-bond acceptors (Lipinski definition) is 6. The Bertz CT molecular complexity index is 1610. The van der Waals surface area contributed by atoms with Gasteiger partial charge in [0.1, 0.15) is 5.82 Å². The van der Waals surface area contributed by atoms with Crippen molar-refractivity contribution in [1.82, 2.24) is 19.9 Å². The summed E-state index contributed by atoms with van der Waals surface area (Å²) in [5.74, 6) is -1.81. The van der Waals surface area contributed by atoms with Crippen LogP contribution in [0.2, 0.25) is 0 Å². The zero-order valence-electron chi connectivity index (χ0n) is 22.2. The summed E-state index contributed by atoms with van der Waals surface area (Å²) in [6.07, 6.45) is -1.34. The molecule has 11 heteroatoms. The average molecular weight is 580 g/mol. The third-order valence-corrected chi connectivity index (χ3v) is 7.98. The highest BCUT2D eigenvalue weighted by Gasteiger charge is 2.38. The topological polar surface area (TPSA) is 85.4 Å². The van der Waals surface area contributed by atoms with Crippen LogP contribution in [-0.2, 0) is 11.3 Å². The second kappa shape index (κ2) is 12.1. The van der Waals surface area contributed by atoms with Crippen LogP contribution in [0.3, 0.4) is 0 Å². The predicted octanol–water partition coefficient (Wildman–Crippen LogP) is 6.62. The molecule has 41 heavy (non-hydrogen) atoms. The Morgan fingerprint density at radius 2 is 1.61 bits per heavy atom. The van der Waals surface area contributed by atoms with Crippen LogP contribution in [0.25, 0.3) is 32.2 Å². The van der Waals surface area contributed by atoms with E-state index >= 15 is 0 Å². The lowest BCUT2D eigenvalue weighted by atomic mass is 10.1. The fourth-order valence-electron chi connectivity index (χ4n) is 4.66. The lowest BCUT2D eigenvalue weighted by Crippen LogP contribution is -2.45. The zero-order chi connectivity index (χ0) is 29.0. The van der Waals surface area contributed by atoms with Crippen molar-refractivity contribution in [2.24, 2.45) is 0 Å². The number of para-hydroxylation sites is 1. The van der Waals surface area contributed by atoms with Gasteiger partial charge in [0.15, 0.2) is 0 Å². The zero-order valence-corrected chi connectivity index (χ0v) is 23.0. The number of aromatic amines is 1. The number of imidazole rings is 1. The number of nitrogens with zero attached hydrogens (tertiary/aromatic N) is 4.